The van der Waals surface area contributed by atoms with Gasteiger partial charge in [-0.05, 0) is 50.2 Å². The lowest BCUT2D eigenvalue weighted by atomic mass is 10.3. The third kappa shape index (κ3) is 4.38. The third-order valence-electron chi connectivity index (χ3n) is 3.47. The highest BCUT2D eigenvalue weighted by atomic mass is 35.5. The number of benzene rings is 2. The molecule has 26 heavy (non-hydrogen) atoms. The largest absolute Gasteiger partial charge is 0.494 e. The van der Waals surface area contributed by atoms with E-state index in [2.05, 4.69) is 10.3 Å². The molecule has 1 N–H and O–H groups in total. The molecule has 8 heteroatoms. The smallest absolute Gasteiger partial charge is 0.266 e. The van der Waals surface area contributed by atoms with E-state index < -0.39 is 6.10 Å². The Morgan fingerprint density at radius 1 is 1.27 bits per heavy atom. The maximum absolute atomic E-state index is 12.4. The molecule has 0 saturated heterocycles. The maximum Gasteiger partial charge on any atom is 0.266 e. The molecule has 1 amide bonds. The molecule has 0 aliphatic carbocycles. The Labute approximate surface area is 164 Å². The fourth-order valence-electron chi connectivity index (χ4n) is 2.24. The molecule has 0 bridgehead atoms. The standard InChI is InChI=1S/C18H16Cl2N2O3S/c1-3-24-12-5-6-14-16(9-12)26-18(21-14)22-17(23)10(2)25-15-7-4-11(19)8-13(15)20/h4-10H,3H2,1-2H3,(H,21,22,23). The molecule has 5 nitrogen and oxygen atoms in total. The van der Waals surface area contributed by atoms with Gasteiger partial charge in [0.1, 0.15) is 11.5 Å². The number of carbonyl (C=O) groups excluding carboxylic acids is 1. The lowest BCUT2D eigenvalue weighted by Gasteiger charge is -2.14. The minimum Gasteiger partial charge on any atom is -0.494 e. The van der Waals surface area contributed by atoms with Crippen LogP contribution in [0.25, 0.3) is 10.2 Å². The second-order valence-corrected chi connectivity index (χ2v) is 7.28. The third-order valence-corrected chi connectivity index (χ3v) is 4.93. The van der Waals surface area contributed by atoms with Crippen LogP contribution in [0.4, 0.5) is 5.13 Å². The van der Waals surface area contributed by atoms with Gasteiger partial charge in [0.05, 0.1) is 21.8 Å². The number of anilines is 1. The summed E-state index contributed by atoms with van der Waals surface area (Å²) in [7, 11) is 0. The molecular weight excluding hydrogens is 395 g/mol. The van der Waals surface area contributed by atoms with Gasteiger partial charge in [0.2, 0.25) is 0 Å². The summed E-state index contributed by atoms with van der Waals surface area (Å²) < 4.78 is 12.0. The van der Waals surface area contributed by atoms with Crippen LogP contribution in [0.1, 0.15) is 13.8 Å². The van der Waals surface area contributed by atoms with Gasteiger partial charge in [-0.1, -0.05) is 34.5 Å². The van der Waals surface area contributed by atoms with Gasteiger partial charge in [0.25, 0.3) is 5.91 Å². The van der Waals surface area contributed by atoms with Crippen molar-refractivity contribution >= 4 is 55.8 Å². The second kappa shape index (κ2) is 8.12. The molecule has 0 fully saturated rings. The van der Waals surface area contributed by atoms with Crippen molar-refractivity contribution in [1.82, 2.24) is 4.98 Å². The van der Waals surface area contributed by atoms with Crippen LogP contribution in [0.3, 0.4) is 0 Å². The Morgan fingerprint density at radius 2 is 2.08 bits per heavy atom. The van der Waals surface area contributed by atoms with Gasteiger partial charge in [0.15, 0.2) is 11.2 Å². The lowest BCUT2D eigenvalue weighted by molar-refractivity contribution is -0.122. The Hall–Kier alpha value is -2.02. The summed E-state index contributed by atoms with van der Waals surface area (Å²) in [5.41, 5.74) is 0.795. The van der Waals surface area contributed by atoms with Crippen molar-refractivity contribution in [2.45, 2.75) is 20.0 Å². The number of fused-ring (bicyclic) bond motifs is 1. The fraction of sp³-hybridized carbons (Fsp3) is 0.222. The molecule has 1 atom stereocenters. The predicted molar refractivity (Wildman–Crippen MR) is 106 cm³/mol. The second-order valence-electron chi connectivity index (χ2n) is 5.41. The number of nitrogens with zero attached hydrogens (tertiary/aromatic N) is 1. The van der Waals surface area contributed by atoms with Crippen molar-refractivity contribution in [3.05, 3.63) is 46.4 Å². The molecule has 1 heterocycles. The average Bonchev–Trinajstić information content (AvgIpc) is 2.99. The molecule has 1 unspecified atom stereocenters. The number of hydrogen-bond donors (Lipinski definition) is 1. The first kappa shape index (κ1) is 18.8. The number of amides is 1. The van der Waals surface area contributed by atoms with Crippen LogP contribution in [-0.2, 0) is 4.79 Å². The van der Waals surface area contributed by atoms with Crippen LogP contribution in [0.15, 0.2) is 36.4 Å². The number of halogens is 2. The highest BCUT2D eigenvalue weighted by molar-refractivity contribution is 7.22. The Balaban J connectivity index is 1.69. The van der Waals surface area contributed by atoms with Crippen LogP contribution >= 0.6 is 34.5 Å². The summed E-state index contributed by atoms with van der Waals surface area (Å²) in [4.78, 5) is 16.8. The number of hydrogen-bond acceptors (Lipinski definition) is 5. The number of thiazole rings is 1. The van der Waals surface area contributed by atoms with Crippen LogP contribution in [0, 0.1) is 0 Å². The van der Waals surface area contributed by atoms with E-state index in [0.29, 0.717) is 27.5 Å². The molecule has 2 aromatic carbocycles. The summed E-state index contributed by atoms with van der Waals surface area (Å²) in [5, 5.41) is 4.11. The van der Waals surface area contributed by atoms with Gasteiger partial charge in [-0.2, -0.15) is 0 Å². The predicted octanol–water partition coefficient (Wildman–Crippen LogP) is 5.41. The van der Waals surface area contributed by atoms with Crippen LogP contribution in [0.5, 0.6) is 11.5 Å². The molecule has 3 rings (SSSR count). The van der Waals surface area contributed by atoms with E-state index in [9.17, 15) is 4.79 Å². The highest BCUT2D eigenvalue weighted by Crippen LogP contribution is 2.30. The van der Waals surface area contributed by atoms with Gasteiger partial charge < -0.3 is 9.47 Å². The van der Waals surface area contributed by atoms with E-state index >= 15 is 0 Å². The molecule has 0 spiro atoms. The van der Waals surface area contributed by atoms with Crippen LogP contribution in [0.2, 0.25) is 10.0 Å². The molecule has 0 saturated carbocycles. The van der Waals surface area contributed by atoms with Gasteiger partial charge in [-0.15, -0.1) is 0 Å². The van der Waals surface area contributed by atoms with Crippen LogP contribution in [-0.4, -0.2) is 23.6 Å². The van der Waals surface area contributed by atoms with E-state index in [1.54, 1.807) is 25.1 Å². The van der Waals surface area contributed by atoms with Crippen molar-refractivity contribution < 1.29 is 14.3 Å². The number of nitrogens with one attached hydrogen (secondary N) is 1. The van der Waals surface area contributed by atoms with E-state index in [4.69, 9.17) is 32.7 Å². The zero-order chi connectivity index (χ0) is 18.7. The van der Waals surface area contributed by atoms with E-state index in [1.807, 2.05) is 25.1 Å². The van der Waals surface area contributed by atoms with Gasteiger partial charge >= 0.3 is 0 Å². The first-order valence-corrected chi connectivity index (χ1v) is 9.49. The van der Waals surface area contributed by atoms with E-state index in [1.165, 1.54) is 11.3 Å². The summed E-state index contributed by atoms with van der Waals surface area (Å²) in [6.45, 7) is 4.16. The Kier molecular flexibility index (Phi) is 5.86. The number of aromatic nitrogens is 1. The SMILES string of the molecule is CCOc1ccc2nc(NC(=O)C(C)Oc3ccc(Cl)cc3Cl)sc2c1. The van der Waals surface area contributed by atoms with Gasteiger partial charge in [-0.25, -0.2) is 4.98 Å². The zero-order valence-corrected chi connectivity index (χ0v) is 16.4. The summed E-state index contributed by atoms with van der Waals surface area (Å²) in [6.07, 6.45) is -0.750. The average molecular weight is 411 g/mol. The Morgan fingerprint density at radius 3 is 2.81 bits per heavy atom. The van der Waals surface area contributed by atoms with Crippen LogP contribution < -0.4 is 14.8 Å². The van der Waals surface area contributed by atoms with Crippen molar-refractivity contribution in [2.75, 3.05) is 11.9 Å². The molecule has 1 aromatic heterocycles. The maximum atomic E-state index is 12.4. The van der Waals surface area contributed by atoms with Gasteiger partial charge in [-0.3, -0.25) is 10.1 Å². The Bertz CT molecular complexity index is 945. The topological polar surface area (TPSA) is 60.5 Å². The molecule has 0 aliphatic heterocycles. The number of rotatable bonds is 6. The number of ether oxygens (including phenoxy) is 2. The normalized spacial score (nSPS) is 12.0. The minimum absolute atomic E-state index is 0.319. The first-order chi connectivity index (χ1) is 12.5. The quantitative estimate of drug-likeness (QED) is 0.590. The van der Waals surface area contributed by atoms with Crippen molar-refractivity contribution in [3.8, 4) is 11.5 Å². The lowest BCUT2D eigenvalue weighted by Crippen LogP contribution is -2.30. The first-order valence-electron chi connectivity index (χ1n) is 7.92. The number of carbonyl (C=O) groups is 1. The minimum atomic E-state index is -0.750. The van der Waals surface area contributed by atoms with Gasteiger partial charge in [0, 0.05) is 5.02 Å². The van der Waals surface area contributed by atoms with E-state index in [0.717, 1.165) is 16.0 Å². The summed E-state index contributed by atoms with van der Waals surface area (Å²) in [5.74, 6) is 0.847. The fourth-order valence-corrected chi connectivity index (χ4v) is 3.59. The summed E-state index contributed by atoms with van der Waals surface area (Å²) in [6, 6.07) is 10.5. The molecule has 0 aliphatic rings. The monoisotopic (exact) mass is 410 g/mol. The van der Waals surface area contributed by atoms with Crippen molar-refractivity contribution in [3.63, 3.8) is 0 Å². The van der Waals surface area contributed by atoms with Crippen molar-refractivity contribution in [1.29, 1.82) is 0 Å². The summed E-state index contributed by atoms with van der Waals surface area (Å²) >= 11 is 13.3. The van der Waals surface area contributed by atoms with E-state index in [-0.39, 0.29) is 5.91 Å². The zero-order valence-electron chi connectivity index (χ0n) is 14.1. The molecule has 0 radical (unpaired) electrons. The van der Waals surface area contributed by atoms with Crippen molar-refractivity contribution in [2.24, 2.45) is 0 Å². The molecule has 136 valence electrons. The molecular formula is C18H16Cl2N2O3S. The molecule has 3 aromatic rings. The highest BCUT2D eigenvalue weighted by Gasteiger charge is 2.18.